The standard InChI is InChI=1S/C21H19F3N2O5S/c1-13(26(32(3,29)30)15-8-6-7-14(11-15)21(22,23)24)19(27)25-12-17(20(28)31-2)16-9-4-5-10-18(16)25/h4-13H,1-3H3. The van der Waals surface area contributed by atoms with Crippen LogP contribution in [0.5, 0.6) is 0 Å². The van der Waals surface area contributed by atoms with E-state index >= 15 is 0 Å². The molecule has 7 nitrogen and oxygen atoms in total. The molecular formula is C21H19F3N2O5S. The summed E-state index contributed by atoms with van der Waals surface area (Å²) in [5.74, 6) is -1.46. The van der Waals surface area contributed by atoms with Gasteiger partial charge in [-0.25, -0.2) is 13.2 Å². The number of aromatic nitrogens is 1. The third kappa shape index (κ3) is 4.33. The number of halogens is 3. The Morgan fingerprint density at radius 2 is 1.75 bits per heavy atom. The van der Waals surface area contributed by atoms with E-state index in [-0.39, 0.29) is 11.3 Å². The summed E-state index contributed by atoms with van der Waals surface area (Å²) in [5, 5.41) is 0.407. The van der Waals surface area contributed by atoms with Crippen molar-refractivity contribution in [3.05, 3.63) is 65.9 Å². The Labute approximate surface area is 182 Å². The average molecular weight is 468 g/mol. The molecule has 0 N–H and O–H groups in total. The van der Waals surface area contributed by atoms with Crippen LogP contribution in [0, 0.1) is 0 Å². The van der Waals surface area contributed by atoms with Crippen molar-refractivity contribution in [2.24, 2.45) is 0 Å². The van der Waals surface area contributed by atoms with Gasteiger partial charge in [-0.3, -0.25) is 13.7 Å². The molecule has 3 aromatic rings. The topological polar surface area (TPSA) is 85.7 Å². The second-order valence-electron chi connectivity index (χ2n) is 7.04. The normalized spacial score (nSPS) is 13.1. The van der Waals surface area contributed by atoms with E-state index in [0.717, 1.165) is 23.0 Å². The zero-order valence-electron chi connectivity index (χ0n) is 17.3. The van der Waals surface area contributed by atoms with Gasteiger partial charge >= 0.3 is 12.1 Å². The maximum atomic E-state index is 13.3. The largest absolute Gasteiger partial charge is 0.465 e. The lowest BCUT2D eigenvalue weighted by atomic mass is 10.1. The van der Waals surface area contributed by atoms with Gasteiger partial charge in [0.1, 0.15) is 6.04 Å². The van der Waals surface area contributed by atoms with Crippen molar-refractivity contribution >= 4 is 38.5 Å². The molecule has 0 amide bonds. The molecule has 0 saturated carbocycles. The minimum absolute atomic E-state index is 0.0913. The molecule has 0 spiro atoms. The highest BCUT2D eigenvalue weighted by atomic mass is 32.2. The van der Waals surface area contributed by atoms with Gasteiger partial charge in [-0.15, -0.1) is 0 Å². The number of esters is 1. The Morgan fingerprint density at radius 3 is 2.34 bits per heavy atom. The zero-order chi connectivity index (χ0) is 23.8. The molecule has 0 saturated heterocycles. The first-order valence-corrected chi connectivity index (χ1v) is 11.1. The summed E-state index contributed by atoms with van der Waals surface area (Å²) in [7, 11) is -2.98. The molecule has 1 unspecified atom stereocenters. The quantitative estimate of drug-likeness (QED) is 0.530. The van der Waals surface area contributed by atoms with E-state index < -0.39 is 39.7 Å². The SMILES string of the molecule is COC(=O)c1cn(C(=O)C(C)N(c2cccc(C(F)(F)F)c2)S(C)(=O)=O)c2ccccc12. The van der Waals surface area contributed by atoms with Gasteiger partial charge in [-0.05, 0) is 31.2 Å². The van der Waals surface area contributed by atoms with Crippen LogP contribution < -0.4 is 4.31 Å². The third-order valence-corrected chi connectivity index (χ3v) is 6.09. The number of alkyl halides is 3. The Balaban J connectivity index is 2.13. The fraction of sp³-hybridized carbons (Fsp3) is 0.238. The second-order valence-corrected chi connectivity index (χ2v) is 8.90. The first kappa shape index (κ1) is 23.3. The number of benzene rings is 2. The molecule has 3 rings (SSSR count). The highest BCUT2D eigenvalue weighted by Gasteiger charge is 2.35. The van der Waals surface area contributed by atoms with Gasteiger partial charge in [0, 0.05) is 11.6 Å². The zero-order valence-corrected chi connectivity index (χ0v) is 18.1. The second kappa shape index (κ2) is 8.30. The number of methoxy groups -OCH3 is 1. The van der Waals surface area contributed by atoms with Crippen molar-refractivity contribution in [3.63, 3.8) is 0 Å². The molecule has 0 aliphatic carbocycles. The number of para-hydroxylation sites is 1. The summed E-state index contributed by atoms with van der Waals surface area (Å²) in [6.45, 7) is 1.26. The summed E-state index contributed by atoms with van der Waals surface area (Å²) < 4.78 is 70.9. The predicted octanol–water partition coefficient (Wildman–Crippen LogP) is 3.94. The maximum absolute atomic E-state index is 13.3. The first-order valence-electron chi connectivity index (χ1n) is 9.25. The molecule has 0 radical (unpaired) electrons. The summed E-state index contributed by atoms with van der Waals surface area (Å²) in [6, 6.07) is 8.71. The number of nitrogens with zero attached hydrogens (tertiary/aromatic N) is 2. The molecule has 2 aromatic carbocycles. The monoisotopic (exact) mass is 468 g/mol. The summed E-state index contributed by atoms with van der Waals surface area (Å²) in [6.07, 6.45) is -2.68. The fourth-order valence-electron chi connectivity index (χ4n) is 3.46. The molecular weight excluding hydrogens is 449 g/mol. The molecule has 1 aromatic heterocycles. The number of carbonyl (C=O) groups is 2. The Hall–Kier alpha value is -3.34. The van der Waals surface area contributed by atoms with Crippen molar-refractivity contribution in [2.45, 2.75) is 19.1 Å². The van der Waals surface area contributed by atoms with Gasteiger partial charge in [0.05, 0.1) is 35.7 Å². The van der Waals surface area contributed by atoms with Crippen molar-refractivity contribution in [1.29, 1.82) is 0 Å². The first-order chi connectivity index (χ1) is 14.9. The highest BCUT2D eigenvalue weighted by molar-refractivity contribution is 7.92. The van der Waals surface area contributed by atoms with E-state index in [1.54, 1.807) is 24.3 Å². The Kier molecular flexibility index (Phi) is 6.05. The Morgan fingerprint density at radius 1 is 1.09 bits per heavy atom. The average Bonchev–Trinajstić information content (AvgIpc) is 3.11. The third-order valence-electron chi connectivity index (χ3n) is 4.85. The lowest BCUT2D eigenvalue weighted by Crippen LogP contribution is -2.44. The van der Waals surface area contributed by atoms with E-state index in [4.69, 9.17) is 4.74 Å². The molecule has 1 heterocycles. The lowest BCUT2D eigenvalue weighted by molar-refractivity contribution is -0.137. The van der Waals surface area contributed by atoms with E-state index in [0.29, 0.717) is 21.3 Å². The number of hydrogen-bond acceptors (Lipinski definition) is 5. The van der Waals surface area contributed by atoms with Crippen LogP contribution in [0.2, 0.25) is 0 Å². The smallest absolute Gasteiger partial charge is 0.416 e. The summed E-state index contributed by atoms with van der Waals surface area (Å²) in [5.41, 5.74) is -0.952. The number of fused-ring (bicyclic) bond motifs is 1. The summed E-state index contributed by atoms with van der Waals surface area (Å²) in [4.78, 5) is 25.4. The van der Waals surface area contributed by atoms with Crippen LogP contribution in [-0.2, 0) is 20.9 Å². The van der Waals surface area contributed by atoms with Gasteiger partial charge in [0.25, 0.3) is 5.91 Å². The van der Waals surface area contributed by atoms with Gasteiger partial charge in [-0.2, -0.15) is 13.2 Å². The number of anilines is 1. The van der Waals surface area contributed by atoms with Crippen molar-refractivity contribution < 1.29 is 35.9 Å². The molecule has 32 heavy (non-hydrogen) atoms. The number of hydrogen-bond donors (Lipinski definition) is 0. The van der Waals surface area contributed by atoms with Gasteiger partial charge in [0.15, 0.2) is 0 Å². The number of sulfonamides is 1. The minimum atomic E-state index is -4.70. The molecule has 1 atom stereocenters. The van der Waals surface area contributed by atoms with Crippen LogP contribution in [0.25, 0.3) is 10.9 Å². The highest BCUT2D eigenvalue weighted by Crippen LogP contribution is 2.33. The van der Waals surface area contributed by atoms with Crippen molar-refractivity contribution in [2.75, 3.05) is 17.7 Å². The molecule has 0 aliphatic rings. The maximum Gasteiger partial charge on any atom is 0.416 e. The van der Waals surface area contributed by atoms with Crippen LogP contribution in [0.1, 0.15) is 27.6 Å². The molecule has 0 bridgehead atoms. The van der Waals surface area contributed by atoms with Crippen LogP contribution in [-0.4, -0.2) is 44.3 Å². The minimum Gasteiger partial charge on any atom is -0.465 e. The number of carbonyl (C=O) groups excluding carboxylic acids is 2. The van der Waals surface area contributed by atoms with E-state index in [1.165, 1.54) is 26.3 Å². The lowest BCUT2D eigenvalue weighted by Gasteiger charge is -2.28. The van der Waals surface area contributed by atoms with E-state index in [1.807, 2.05) is 0 Å². The van der Waals surface area contributed by atoms with E-state index in [2.05, 4.69) is 0 Å². The van der Waals surface area contributed by atoms with Crippen LogP contribution >= 0.6 is 0 Å². The van der Waals surface area contributed by atoms with Crippen LogP contribution in [0.15, 0.2) is 54.7 Å². The molecule has 0 aliphatic heterocycles. The van der Waals surface area contributed by atoms with Crippen molar-refractivity contribution in [1.82, 2.24) is 4.57 Å². The van der Waals surface area contributed by atoms with Crippen LogP contribution in [0.4, 0.5) is 18.9 Å². The number of ether oxygens (including phenoxy) is 1. The molecule has 0 fully saturated rings. The van der Waals surface area contributed by atoms with E-state index in [9.17, 15) is 31.2 Å². The fourth-order valence-corrected chi connectivity index (χ4v) is 4.62. The summed E-state index contributed by atoms with van der Waals surface area (Å²) >= 11 is 0. The van der Waals surface area contributed by atoms with Gasteiger partial charge in [-0.1, -0.05) is 24.3 Å². The molecule has 11 heteroatoms. The number of rotatable bonds is 5. The predicted molar refractivity (Wildman–Crippen MR) is 112 cm³/mol. The van der Waals surface area contributed by atoms with Gasteiger partial charge in [0.2, 0.25) is 10.0 Å². The Bertz CT molecular complexity index is 1300. The van der Waals surface area contributed by atoms with Gasteiger partial charge < -0.3 is 4.74 Å². The van der Waals surface area contributed by atoms with Crippen molar-refractivity contribution in [3.8, 4) is 0 Å². The van der Waals surface area contributed by atoms with Crippen LogP contribution in [0.3, 0.4) is 0 Å². The molecule has 170 valence electrons.